The summed E-state index contributed by atoms with van der Waals surface area (Å²) in [6.45, 7) is 8.03. The SMILES string of the molecule is CC(C)C(=O)N1CCCC(C(=O)N2CCCC(C)(O)C2)C1. The van der Waals surface area contributed by atoms with Gasteiger partial charge in [0, 0.05) is 32.1 Å². The molecule has 0 saturated carbocycles. The molecule has 2 fully saturated rings. The van der Waals surface area contributed by atoms with E-state index >= 15 is 0 Å². The number of aliphatic hydroxyl groups is 1. The Hall–Kier alpha value is -1.10. The molecule has 2 aliphatic heterocycles. The Morgan fingerprint density at radius 2 is 1.86 bits per heavy atom. The molecule has 2 atom stereocenters. The standard InChI is InChI=1S/C16H28N2O3/c1-12(2)14(19)17-8-4-6-13(10-17)15(20)18-9-5-7-16(3,21)11-18/h12-13,21H,4-11H2,1-3H3. The highest BCUT2D eigenvalue weighted by molar-refractivity contribution is 5.82. The zero-order valence-electron chi connectivity index (χ0n) is 13.5. The molecule has 0 radical (unpaired) electrons. The van der Waals surface area contributed by atoms with E-state index in [2.05, 4.69) is 0 Å². The lowest BCUT2D eigenvalue weighted by molar-refractivity contribution is -0.146. The predicted molar refractivity (Wildman–Crippen MR) is 80.6 cm³/mol. The Morgan fingerprint density at radius 3 is 2.48 bits per heavy atom. The van der Waals surface area contributed by atoms with Gasteiger partial charge in [-0.05, 0) is 32.6 Å². The van der Waals surface area contributed by atoms with Crippen LogP contribution in [0.1, 0.15) is 46.5 Å². The Labute approximate surface area is 127 Å². The molecule has 0 bridgehead atoms. The molecule has 2 rings (SSSR count). The van der Waals surface area contributed by atoms with Crippen molar-refractivity contribution >= 4 is 11.8 Å². The molecule has 0 aliphatic carbocycles. The Kier molecular flexibility index (Phi) is 4.91. The van der Waals surface area contributed by atoms with E-state index < -0.39 is 5.60 Å². The van der Waals surface area contributed by atoms with Gasteiger partial charge in [-0.2, -0.15) is 0 Å². The number of carbonyl (C=O) groups excluding carboxylic acids is 2. The number of amides is 2. The molecular formula is C16H28N2O3. The van der Waals surface area contributed by atoms with Crippen molar-refractivity contribution in [1.29, 1.82) is 0 Å². The first kappa shape index (κ1) is 16.3. The summed E-state index contributed by atoms with van der Waals surface area (Å²) in [5.41, 5.74) is -0.768. The molecule has 21 heavy (non-hydrogen) atoms. The van der Waals surface area contributed by atoms with Crippen LogP contribution < -0.4 is 0 Å². The van der Waals surface area contributed by atoms with Gasteiger partial charge >= 0.3 is 0 Å². The summed E-state index contributed by atoms with van der Waals surface area (Å²) in [6.07, 6.45) is 3.33. The predicted octanol–water partition coefficient (Wildman–Crippen LogP) is 1.25. The van der Waals surface area contributed by atoms with E-state index in [1.54, 1.807) is 11.8 Å². The van der Waals surface area contributed by atoms with Crippen LogP contribution >= 0.6 is 0 Å². The van der Waals surface area contributed by atoms with Crippen LogP contribution in [0.5, 0.6) is 0 Å². The molecule has 1 N–H and O–H groups in total. The van der Waals surface area contributed by atoms with Gasteiger partial charge in [0.25, 0.3) is 0 Å². The van der Waals surface area contributed by atoms with Crippen LogP contribution in [0.4, 0.5) is 0 Å². The summed E-state index contributed by atoms with van der Waals surface area (Å²) in [5, 5.41) is 10.1. The van der Waals surface area contributed by atoms with Crippen LogP contribution in [0, 0.1) is 11.8 Å². The molecule has 2 aliphatic rings. The molecule has 2 heterocycles. The highest BCUT2D eigenvalue weighted by Crippen LogP contribution is 2.25. The van der Waals surface area contributed by atoms with Gasteiger partial charge in [-0.3, -0.25) is 9.59 Å². The number of β-amino-alcohol motifs (C(OH)–C–C–N with tert-alkyl or cyclic N) is 1. The molecule has 0 aromatic carbocycles. The maximum Gasteiger partial charge on any atom is 0.227 e. The van der Waals surface area contributed by atoms with Crippen molar-refractivity contribution in [3.8, 4) is 0 Å². The van der Waals surface area contributed by atoms with Gasteiger partial charge < -0.3 is 14.9 Å². The number of rotatable bonds is 2. The number of nitrogens with zero attached hydrogens (tertiary/aromatic N) is 2. The van der Waals surface area contributed by atoms with E-state index in [-0.39, 0.29) is 23.7 Å². The number of likely N-dealkylation sites (tertiary alicyclic amines) is 2. The van der Waals surface area contributed by atoms with Gasteiger partial charge in [-0.25, -0.2) is 0 Å². The van der Waals surface area contributed by atoms with Crippen molar-refractivity contribution in [3.05, 3.63) is 0 Å². The Balaban J connectivity index is 1.97. The number of hydrogen-bond acceptors (Lipinski definition) is 3. The van der Waals surface area contributed by atoms with Crippen molar-refractivity contribution < 1.29 is 14.7 Å². The normalized spacial score (nSPS) is 30.6. The van der Waals surface area contributed by atoms with Crippen LogP contribution in [-0.2, 0) is 9.59 Å². The zero-order chi connectivity index (χ0) is 15.6. The summed E-state index contributed by atoms with van der Waals surface area (Å²) < 4.78 is 0. The average Bonchev–Trinajstić information content (AvgIpc) is 2.44. The molecule has 2 saturated heterocycles. The average molecular weight is 296 g/mol. The first-order valence-corrected chi connectivity index (χ1v) is 8.10. The summed E-state index contributed by atoms with van der Waals surface area (Å²) in [5.74, 6) is 0.124. The number of carbonyl (C=O) groups is 2. The van der Waals surface area contributed by atoms with E-state index in [4.69, 9.17) is 0 Å². The third-order valence-electron chi connectivity index (χ3n) is 4.56. The van der Waals surface area contributed by atoms with Crippen LogP contribution in [-0.4, -0.2) is 58.5 Å². The van der Waals surface area contributed by atoms with Crippen molar-refractivity contribution in [1.82, 2.24) is 9.80 Å². The van der Waals surface area contributed by atoms with Gasteiger partial charge in [0.2, 0.25) is 11.8 Å². The lowest BCUT2D eigenvalue weighted by Crippen LogP contribution is -2.53. The summed E-state index contributed by atoms with van der Waals surface area (Å²) in [6, 6.07) is 0. The molecule has 5 heteroatoms. The third kappa shape index (κ3) is 3.96. The largest absolute Gasteiger partial charge is 0.388 e. The van der Waals surface area contributed by atoms with Crippen molar-refractivity contribution in [3.63, 3.8) is 0 Å². The summed E-state index contributed by atoms with van der Waals surface area (Å²) in [7, 11) is 0. The second kappa shape index (κ2) is 6.34. The molecule has 0 spiro atoms. The van der Waals surface area contributed by atoms with Gasteiger partial charge in [0.15, 0.2) is 0 Å². The first-order chi connectivity index (χ1) is 9.80. The van der Waals surface area contributed by atoms with Crippen molar-refractivity contribution in [2.45, 2.75) is 52.1 Å². The molecule has 5 nitrogen and oxygen atoms in total. The third-order valence-corrected chi connectivity index (χ3v) is 4.56. The molecule has 120 valence electrons. The monoisotopic (exact) mass is 296 g/mol. The fourth-order valence-corrected chi connectivity index (χ4v) is 3.41. The lowest BCUT2D eigenvalue weighted by atomic mass is 9.91. The van der Waals surface area contributed by atoms with Crippen molar-refractivity contribution in [2.24, 2.45) is 11.8 Å². The maximum absolute atomic E-state index is 12.7. The quantitative estimate of drug-likeness (QED) is 0.834. The first-order valence-electron chi connectivity index (χ1n) is 8.10. The van der Waals surface area contributed by atoms with Crippen LogP contribution in [0.3, 0.4) is 0 Å². The van der Waals surface area contributed by atoms with Gasteiger partial charge in [-0.1, -0.05) is 13.8 Å². The zero-order valence-corrected chi connectivity index (χ0v) is 13.5. The van der Waals surface area contributed by atoms with Crippen LogP contribution in [0.2, 0.25) is 0 Å². The van der Waals surface area contributed by atoms with Crippen molar-refractivity contribution in [2.75, 3.05) is 26.2 Å². The molecule has 0 aromatic heterocycles. The van der Waals surface area contributed by atoms with Gasteiger partial charge in [-0.15, -0.1) is 0 Å². The van der Waals surface area contributed by atoms with E-state index in [0.717, 1.165) is 38.8 Å². The number of piperidine rings is 2. The van der Waals surface area contributed by atoms with Crippen LogP contribution in [0.15, 0.2) is 0 Å². The highest BCUT2D eigenvalue weighted by atomic mass is 16.3. The molecular weight excluding hydrogens is 268 g/mol. The maximum atomic E-state index is 12.7. The van der Waals surface area contributed by atoms with E-state index in [0.29, 0.717) is 13.1 Å². The fourth-order valence-electron chi connectivity index (χ4n) is 3.41. The smallest absolute Gasteiger partial charge is 0.227 e. The Bertz CT molecular complexity index is 406. The van der Waals surface area contributed by atoms with E-state index in [9.17, 15) is 14.7 Å². The van der Waals surface area contributed by atoms with E-state index in [1.807, 2.05) is 18.7 Å². The minimum absolute atomic E-state index is 0.0189. The minimum atomic E-state index is -0.768. The van der Waals surface area contributed by atoms with Gasteiger partial charge in [0.05, 0.1) is 11.5 Å². The lowest BCUT2D eigenvalue weighted by Gasteiger charge is -2.40. The minimum Gasteiger partial charge on any atom is -0.388 e. The second-order valence-electron chi connectivity index (χ2n) is 7.14. The fraction of sp³-hybridized carbons (Fsp3) is 0.875. The molecule has 2 unspecified atom stereocenters. The molecule has 2 amide bonds. The van der Waals surface area contributed by atoms with Gasteiger partial charge in [0.1, 0.15) is 0 Å². The Morgan fingerprint density at radius 1 is 1.19 bits per heavy atom. The summed E-state index contributed by atoms with van der Waals surface area (Å²) >= 11 is 0. The topological polar surface area (TPSA) is 60.9 Å². The second-order valence-corrected chi connectivity index (χ2v) is 7.14. The highest BCUT2D eigenvalue weighted by Gasteiger charge is 2.36. The summed E-state index contributed by atoms with van der Waals surface area (Å²) in [4.78, 5) is 28.4. The molecule has 0 aromatic rings. The van der Waals surface area contributed by atoms with E-state index in [1.165, 1.54) is 0 Å². The number of hydrogen-bond donors (Lipinski definition) is 1. The van der Waals surface area contributed by atoms with Crippen LogP contribution in [0.25, 0.3) is 0 Å².